The van der Waals surface area contributed by atoms with Crippen molar-refractivity contribution in [3.63, 3.8) is 0 Å². The first-order chi connectivity index (χ1) is 16.1. The maximum Gasteiger partial charge on any atom is 0.290 e. The Morgan fingerprint density at radius 3 is 2.52 bits per heavy atom. The molecule has 3 saturated heterocycles. The summed E-state index contributed by atoms with van der Waals surface area (Å²) in [5.74, 6) is 1.53. The fraction of sp³-hybridized carbons (Fsp3) is 0.667. The predicted molar refractivity (Wildman–Crippen MR) is 123 cm³/mol. The van der Waals surface area contributed by atoms with Crippen LogP contribution in [-0.2, 0) is 20.9 Å². The first-order valence-corrected chi connectivity index (χ1v) is 11.6. The second-order valence-corrected chi connectivity index (χ2v) is 8.84. The van der Waals surface area contributed by atoms with Gasteiger partial charge in [-0.25, -0.2) is 0 Å². The van der Waals surface area contributed by atoms with Crippen LogP contribution < -0.4 is 4.74 Å². The monoisotopic (exact) mass is 466 g/mol. The number of hydrogen-bond acceptors (Lipinski definition) is 7. The summed E-state index contributed by atoms with van der Waals surface area (Å²) in [6.45, 7) is 8.39. The molecule has 3 N–H and O–H groups in total. The molecule has 1 aromatic rings. The summed E-state index contributed by atoms with van der Waals surface area (Å²) < 4.78 is 11.7. The average molecular weight is 467 g/mol. The number of fused-ring (bicyclic) bond motifs is 1. The minimum Gasteiger partial charge on any atom is -0.492 e. The van der Waals surface area contributed by atoms with E-state index in [1.54, 1.807) is 0 Å². The largest absolute Gasteiger partial charge is 0.492 e. The van der Waals surface area contributed by atoms with E-state index in [9.17, 15) is 5.11 Å². The predicted octanol–water partition coefficient (Wildman–Crippen LogP) is 1.78. The lowest BCUT2D eigenvalue weighted by atomic mass is 9.76. The summed E-state index contributed by atoms with van der Waals surface area (Å²) in [4.78, 5) is 21.7. The average Bonchev–Trinajstić information content (AvgIpc) is 3.19. The van der Waals surface area contributed by atoms with Crippen molar-refractivity contribution in [3.05, 3.63) is 29.8 Å². The number of likely N-dealkylation sites (tertiary alicyclic amines) is 2. The topological polar surface area (TPSA) is 120 Å². The van der Waals surface area contributed by atoms with Crippen molar-refractivity contribution in [1.29, 1.82) is 0 Å². The van der Waals surface area contributed by atoms with Gasteiger partial charge < -0.3 is 24.8 Å². The summed E-state index contributed by atoms with van der Waals surface area (Å²) in [6.07, 6.45) is 5.09. The van der Waals surface area contributed by atoms with E-state index < -0.39 is 0 Å². The van der Waals surface area contributed by atoms with Gasteiger partial charge in [0.15, 0.2) is 0 Å². The highest BCUT2D eigenvalue weighted by molar-refractivity contribution is 5.33. The standard InChI is InChI=1S/C22H34N2O3.2CH2O2/c25-17-22-16-24(15-20(22)7-11-26-18-22)14-19-5-4-6-21(13-19)27-12-10-23-8-2-1-3-9-23;2*2-1-3/h4-6,13,20,25H,1-3,7-12,14-18H2;2*1H,(H,2,3)/t20-,22+;;/m0../s1. The van der Waals surface area contributed by atoms with Crippen LogP contribution in [0.5, 0.6) is 5.75 Å². The summed E-state index contributed by atoms with van der Waals surface area (Å²) in [7, 11) is 0. The fourth-order valence-electron chi connectivity index (χ4n) is 5.02. The number of carboxylic acid groups (broad SMARTS) is 2. The van der Waals surface area contributed by atoms with Crippen LogP contribution in [0.3, 0.4) is 0 Å². The Hall–Kier alpha value is -2.20. The molecule has 0 aliphatic carbocycles. The molecule has 0 saturated carbocycles. The van der Waals surface area contributed by atoms with Crippen molar-refractivity contribution >= 4 is 12.9 Å². The number of hydrogen-bond donors (Lipinski definition) is 3. The van der Waals surface area contributed by atoms with Crippen molar-refractivity contribution < 1.29 is 34.4 Å². The van der Waals surface area contributed by atoms with Gasteiger partial charge in [-0.05, 0) is 56.0 Å². The van der Waals surface area contributed by atoms with Crippen molar-refractivity contribution in [2.24, 2.45) is 11.3 Å². The van der Waals surface area contributed by atoms with Crippen molar-refractivity contribution in [1.82, 2.24) is 9.80 Å². The lowest BCUT2D eigenvalue weighted by Gasteiger charge is -2.36. The van der Waals surface area contributed by atoms with Gasteiger partial charge in [0.25, 0.3) is 12.9 Å². The lowest BCUT2D eigenvalue weighted by molar-refractivity contribution is -0.123. The van der Waals surface area contributed by atoms with Crippen LogP contribution in [0.15, 0.2) is 24.3 Å². The molecule has 3 aliphatic rings. The Morgan fingerprint density at radius 2 is 1.85 bits per heavy atom. The van der Waals surface area contributed by atoms with Gasteiger partial charge in [0.05, 0.1) is 13.2 Å². The van der Waals surface area contributed by atoms with E-state index in [4.69, 9.17) is 29.3 Å². The normalized spacial score (nSPS) is 24.9. The fourth-order valence-corrected chi connectivity index (χ4v) is 5.02. The number of rotatable bonds is 7. The zero-order valence-corrected chi connectivity index (χ0v) is 19.3. The maximum absolute atomic E-state index is 9.95. The minimum absolute atomic E-state index is 0.0548. The van der Waals surface area contributed by atoms with Crippen LogP contribution in [0.4, 0.5) is 0 Å². The van der Waals surface area contributed by atoms with Crippen molar-refractivity contribution in [2.75, 3.05) is 59.2 Å². The van der Waals surface area contributed by atoms with E-state index in [0.29, 0.717) is 12.5 Å². The second-order valence-electron chi connectivity index (χ2n) is 8.84. The number of aliphatic hydroxyl groups excluding tert-OH is 1. The molecule has 0 aromatic heterocycles. The van der Waals surface area contributed by atoms with Crippen LogP contribution >= 0.6 is 0 Å². The molecule has 3 heterocycles. The van der Waals surface area contributed by atoms with Crippen LogP contribution in [0.2, 0.25) is 0 Å². The van der Waals surface area contributed by atoms with E-state index in [-0.39, 0.29) is 25.0 Å². The van der Waals surface area contributed by atoms with Gasteiger partial charge in [0.2, 0.25) is 0 Å². The second kappa shape index (κ2) is 14.8. The van der Waals surface area contributed by atoms with Crippen molar-refractivity contribution in [2.45, 2.75) is 32.2 Å². The molecular weight excluding hydrogens is 428 g/mol. The summed E-state index contributed by atoms with van der Waals surface area (Å²) in [6, 6.07) is 8.52. The van der Waals surface area contributed by atoms with Crippen LogP contribution in [0, 0.1) is 11.3 Å². The molecule has 0 radical (unpaired) electrons. The van der Waals surface area contributed by atoms with Crippen LogP contribution in [-0.4, -0.2) is 97.2 Å². The first-order valence-electron chi connectivity index (χ1n) is 11.6. The Bertz CT molecular complexity index is 693. The Kier molecular flexibility index (Phi) is 12.2. The molecule has 0 amide bonds. The molecule has 1 aromatic carbocycles. The molecule has 33 heavy (non-hydrogen) atoms. The first kappa shape index (κ1) is 27.0. The van der Waals surface area contributed by atoms with Gasteiger partial charge in [-0.3, -0.25) is 19.4 Å². The van der Waals surface area contributed by atoms with Gasteiger partial charge in [0.1, 0.15) is 12.4 Å². The molecule has 0 unspecified atom stereocenters. The van der Waals surface area contributed by atoms with E-state index in [0.717, 1.165) is 51.6 Å². The smallest absolute Gasteiger partial charge is 0.290 e. The molecule has 0 spiro atoms. The molecule has 3 fully saturated rings. The number of nitrogens with zero attached hydrogens (tertiary/aromatic N) is 2. The zero-order valence-electron chi connectivity index (χ0n) is 19.3. The molecule has 0 bridgehead atoms. The molecule has 9 heteroatoms. The Labute approximate surface area is 195 Å². The van der Waals surface area contributed by atoms with Gasteiger partial charge >= 0.3 is 0 Å². The van der Waals surface area contributed by atoms with E-state index in [1.165, 1.54) is 37.9 Å². The van der Waals surface area contributed by atoms with E-state index in [1.807, 2.05) is 0 Å². The molecular formula is C24H38N2O7. The molecule has 9 nitrogen and oxygen atoms in total. The third-order valence-electron chi connectivity index (χ3n) is 6.63. The van der Waals surface area contributed by atoms with Crippen molar-refractivity contribution in [3.8, 4) is 5.75 Å². The number of ether oxygens (including phenoxy) is 2. The minimum atomic E-state index is -0.250. The number of carbonyl (C=O) groups is 2. The molecule has 186 valence electrons. The third kappa shape index (κ3) is 8.58. The number of benzene rings is 1. The zero-order chi connectivity index (χ0) is 23.9. The van der Waals surface area contributed by atoms with Gasteiger partial charge in [0, 0.05) is 38.2 Å². The molecule has 3 aliphatic heterocycles. The summed E-state index contributed by atoms with van der Waals surface area (Å²) >= 11 is 0. The third-order valence-corrected chi connectivity index (χ3v) is 6.63. The Balaban J connectivity index is 0.000000582. The molecule has 2 atom stereocenters. The summed E-state index contributed by atoms with van der Waals surface area (Å²) in [5, 5.41) is 23.7. The number of aliphatic hydroxyl groups is 1. The summed E-state index contributed by atoms with van der Waals surface area (Å²) in [5.41, 5.74) is 1.24. The lowest BCUT2D eigenvalue weighted by Crippen LogP contribution is -2.42. The van der Waals surface area contributed by atoms with Crippen LogP contribution in [0.1, 0.15) is 31.2 Å². The van der Waals surface area contributed by atoms with Gasteiger partial charge in [-0.15, -0.1) is 0 Å². The quantitative estimate of drug-likeness (QED) is 0.517. The maximum atomic E-state index is 9.95. The van der Waals surface area contributed by atoms with Crippen LogP contribution in [0.25, 0.3) is 0 Å². The molecule has 4 rings (SSSR count). The van der Waals surface area contributed by atoms with Gasteiger partial charge in [-0.1, -0.05) is 18.6 Å². The highest BCUT2D eigenvalue weighted by atomic mass is 16.5. The SMILES string of the molecule is O=CO.O=CO.OC[C@]12COCC[C@H]1CN(Cc1cccc(OCCN3CCCCC3)c1)C2. The van der Waals surface area contributed by atoms with E-state index in [2.05, 4.69) is 34.1 Å². The van der Waals surface area contributed by atoms with E-state index >= 15 is 0 Å². The number of piperidine rings is 1. The highest BCUT2D eigenvalue weighted by Crippen LogP contribution is 2.41. The van der Waals surface area contributed by atoms with Gasteiger partial charge in [-0.2, -0.15) is 0 Å². The Morgan fingerprint density at radius 1 is 1.12 bits per heavy atom. The highest BCUT2D eigenvalue weighted by Gasteiger charge is 2.47.